The highest BCUT2D eigenvalue weighted by Crippen LogP contribution is 2.23. The number of nitrogens with one attached hydrogen (secondary N) is 1. The Morgan fingerprint density at radius 3 is 2.80 bits per heavy atom. The Bertz CT molecular complexity index is 487. The molecular weight excluding hydrogens is 305 g/mol. The molecule has 15 heavy (non-hydrogen) atoms. The van der Waals surface area contributed by atoms with E-state index in [1.165, 1.54) is 0 Å². The highest BCUT2D eigenvalue weighted by Gasteiger charge is 2.13. The van der Waals surface area contributed by atoms with E-state index >= 15 is 0 Å². The molecule has 1 N–H and O–H groups in total. The molecule has 0 saturated carbocycles. The van der Waals surface area contributed by atoms with E-state index in [1.807, 2.05) is 26.8 Å². The molecular formula is C10H12IN3O. The first kappa shape index (κ1) is 10.7. The van der Waals surface area contributed by atoms with Crippen molar-refractivity contribution in [2.45, 2.75) is 26.4 Å². The van der Waals surface area contributed by atoms with Crippen LogP contribution in [-0.4, -0.2) is 20.8 Å². The number of hydrogen-bond donors (Lipinski definition) is 1. The Morgan fingerprint density at radius 2 is 2.13 bits per heavy atom. The fourth-order valence-corrected chi connectivity index (χ4v) is 1.80. The molecule has 2 aromatic rings. The van der Waals surface area contributed by atoms with Crippen molar-refractivity contribution in [3.8, 4) is 5.88 Å². The Hall–Kier alpha value is -0.850. The number of fused-ring (bicyclic) bond motifs is 1. The lowest BCUT2D eigenvalue weighted by molar-refractivity contribution is 0.124. The van der Waals surface area contributed by atoms with Crippen molar-refractivity contribution in [3.63, 3.8) is 0 Å². The maximum Gasteiger partial charge on any atom is 0.214 e. The van der Waals surface area contributed by atoms with Crippen LogP contribution in [0.25, 0.3) is 10.9 Å². The molecule has 0 unspecified atom stereocenters. The van der Waals surface area contributed by atoms with Gasteiger partial charge in [-0.15, -0.1) is 0 Å². The van der Waals surface area contributed by atoms with Gasteiger partial charge >= 0.3 is 0 Å². The van der Waals surface area contributed by atoms with Crippen molar-refractivity contribution in [2.24, 2.45) is 0 Å². The Morgan fingerprint density at radius 1 is 1.40 bits per heavy atom. The topological polar surface area (TPSA) is 50.8 Å². The summed E-state index contributed by atoms with van der Waals surface area (Å²) in [5.41, 5.74) is 0.705. The third-order valence-electron chi connectivity index (χ3n) is 1.79. The van der Waals surface area contributed by atoms with Gasteiger partial charge in [-0.05, 0) is 43.4 Å². The van der Waals surface area contributed by atoms with E-state index in [0.717, 1.165) is 14.6 Å². The van der Waals surface area contributed by atoms with Crippen LogP contribution in [-0.2, 0) is 0 Å². The highest BCUT2D eigenvalue weighted by molar-refractivity contribution is 14.1. The largest absolute Gasteiger partial charge is 0.472 e. The van der Waals surface area contributed by atoms with Crippen LogP contribution >= 0.6 is 22.6 Å². The van der Waals surface area contributed by atoms with Gasteiger partial charge in [0.2, 0.25) is 5.88 Å². The van der Waals surface area contributed by atoms with Crippen LogP contribution in [0.5, 0.6) is 5.88 Å². The Kier molecular flexibility index (Phi) is 2.57. The van der Waals surface area contributed by atoms with E-state index in [9.17, 15) is 0 Å². The molecule has 5 heteroatoms. The van der Waals surface area contributed by atoms with Gasteiger partial charge in [-0.25, -0.2) is 4.98 Å². The van der Waals surface area contributed by atoms with E-state index in [1.54, 1.807) is 6.20 Å². The number of ether oxygens (including phenoxy) is 1. The first-order valence-electron chi connectivity index (χ1n) is 4.64. The summed E-state index contributed by atoms with van der Waals surface area (Å²) in [4.78, 5) is 4.21. The summed E-state index contributed by atoms with van der Waals surface area (Å²) in [6.45, 7) is 6.00. The molecule has 80 valence electrons. The minimum Gasteiger partial charge on any atom is -0.472 e. The predicted molar refractivity (Wildman–Crippen MR) is 67.0 cm³/mol. The van der Waals surface area contributed by atoms with Gasteiger partial charge in [-0.1, -0.05) is 0 Å². The molecule has 2 aromatic heterocycles. The standard InChI is InChI=1S/C10H12IN3O/c1-10(2,3)15-8-4-6-7(5-12-8)13-14-9(6)11/h4-5H,1-3H3,(H,13,14). The van der Waals surface area contributed by atoms with Gasteiger partial charge in [0.05, 0.1) is 11.7 Å². The molecule has 0 saturated heterocycles. The molecule has 0 spiro atoms. The van der Waals surface area contributed by atoms with Crippen LogP contribution in [0.15, 0.2) is 12.3 Å². The number of aromatic nitrogens is 3. The zero-order chi connectivity index (χ0) is 11.1. The zero-order valence-electron chi connectivity index (χ0n) is 8.84. The summed E-state index contributed by atoms with van der Waals surface area (Å²) >= 11 is 2.18. The summed E-state index contributed by atoms with van der Waals surface area (Å²) in [5, 5.41) is 8.05. The third kappa shape index (κ3) is 2.39. The second-order valence-electron chi connectivity index (χ2n) is 4.30. The van der Waals surface area contributed by atoms with Crippen molar-refractivity contribution < 1.29 is 4.74 Å². The van der Waals surface area contributed by atoms with E-state index in [2.05, 4.69) is 37.8 Å². The lowest BCUT2D eigenvalue weighted by Gasteiger charge is -2.19. The maximum atomic E-state index is 5.68. The van der Waals surface area contributed by atoms with Crippen molar-refractivity contribution in [1.82, 2.24) is 15.2 Å². The van der Waals surface area contributed by atoms with E-state index in [4.69, 9.17) is 4.74 Å². The predicted octanol–water partition coefficient (Wildman–Crippen LogP) is 2.74. The van der Waals surface area contributed by atoms with E-state index in [-0.39, 0.29) is 5.60 Å². The molecule has 2 rings (SSSR count). The average Bonchev–Trinajstić information content (AvgIpc) is 2.45. The minimum atomic E-state index is -0.226. The molecule has 0 aliphatic carbocycles. The quantitative estimate of drug-likeness (QED) is 0.823. The molecule has 0 aliphatic rings. The molecule has 0 aromatic carbocycles. The second-order valence-corrected chi connectivity index (χ2v) is 5.32. The number of halogens is 1. The molecule has 0 bridgehead atoms. The van der Waals surface area contributed by atoms with Crippen molar-refractivity contribution in [2.75, 3.05) is 0 Å². The van der Waals surface area contributed by atoms with Crippen LogP contribution < -0.4 is 4.74 Å². The van der Waals surface area contributed by atoms with Gasteiger partial charge in [0.25, 0.3) is 0 Å². The van der Waals surface area contributed by atoms with E-state index in [0.29, 0.717) is 5.88 Å². The summed E-state index contributed by atoms with van der Waals surface area (Å²) in [6, 6.07) is 1.91. The van der Waals surface area contributed by atoms with E-state index < -0.39 is 0 Å². The second kappa shape index (κ2) is 3.62. The first-order chi connectivity index (χ1) is 6.96. The van der Waals surface area contributed by atoms with Gasteiger partial charge < -0.3 is 4.74 Å². The monoisotopic (exact) mass is 317 g/mol. The number of rotatable bonds is 1. The first-order valence-corrected chi connectivity index (χ1v) is 5.72. The summed E-state index contributed by atoms with van der Waals surface area (Å²) in [5.74, 6) is 0.634. The van der Waals surface area contributed by atoms with Crippen LogP contribution in [0.2, 0.25) is 0 Å². The summed E-state index contributed by atoms with van der Waals surface area (Å²) in [7, 11) is 0. The zero-order valence-corrected chi connectivity index (χ0v) is 11.0. The van der Waals surface area contributed by atoms with Gasteiger partial charge in [0.1, 0.15) is 9.30 Å². The van der Waals surface area contributed by atoms with Gasteiger partial charge in [-0.3, -0.25) is 5.10 Å². The highest BCUT2D eigenvalue weighted by atomic mass is 127. The SMILES string of the molecule is CC(C)(C)Oc1cc2c(I)n[nH]c2cn1. The van der Waals surface area contributed by atoms with Crippen LogP contribution in [0.3, 0.4) is 0 Å². The molecule has 2 heterocycles. The fourth-order valence-electron chi connectivity index (χ4n) is 1.24. The lowest BCUT2D eigenvalue weighted by atomic mass is 10.2. The number of aromatic amines is 1. The lowest BCUT2D eigenvalue weighted by Crippen LogP contribution is -2.23. The van der Waals surface area contributed by atoms with Crippen LogP contribution in [0.1, 0.15) is 20.8 Å². The molecule has 4 nitrogen and oxygen atoms in total. The normalized spacial score (nSPS) is 12.0. The fraction of sp³-hybridized carbons (Fsp3) is 0.400. The van der Waals surface area contributed by atoms with Crippen LogP contribution in [0, 0.1) is 3.70 Å². The maximum absolute atomic E-state index is 5.68. The number of hydrogen-bond acceptors (Lipinski definition) is 3. The smallest absolute Gasteiger partial charge is 0.214 e. The van der Waals surface area contributed by atoms with Crippen LogP contribution in [0.4, 0.5) is 0 Å². The summed E-state index contributed by atoms with van der Waals surface area (Å²) in [6.07, 6.45) is 1.74. The Balaban J connectivity index is 2.42. The van der Waals surface area contributed by atoms with Gasteiger partial charge in [-0.2, -0.15) is 5.10 Å². The van der Waals surface area contributed by atoms with Crippen molar-refractivity contribution >= 4 is 33.5 Å². The molecule has 0 amide bonds. The number of H-pyrrole nitrogens is 1. The number of pyridine rings is 1. The molecule has 0 radical (unpaired) electrons. The molecule has 0 atom stereocenters. The van der Waals surface area contributed by atoms with Gasteiger partial charge in [0.15, 0.2) is 0 Å². The summed E-state index contributed by atoms with van der Waals surface area (Å²) < 4.78 is 6.61. The average molecular weight is 317 g/mol. The van der Waals surface area contributed by atoms with Gasteiger partial charge in [0, 0.05) is 11.5 Å². The Labute approximate surface area is 102 Å². The number of nitrogens with zero attached hydrogens (tertiary/aromatic N) is 2. The van der Waals surface area contributed by atoms with Crippen molar-refractivity contribution in [1.29, 1.82) is 0 Å². The molecule has 0 fully saturated rings. The van der Waals surface area contributed by atoms with Crippen molar-refractivity contribution in [3.05, 3.63) is 16.0 Å². The minimum absolute atomic E-state index is 0.226. The molecule has 0 aliphatic heterocycles. The third-order valence-corrected chi connectivity index (χ3v) is 2.61.